The topological polar surface area (TPSA) is 69.6 Å². The molecule has 4 rings (SSSR count). The number of benzene rings is 2. The number of nitrogens with zero attached hydrogens (tertiary/aromatic N) is 1. The lowest BCUT2D eigenvalue weighted by Gasteiger charge is -2.36. The van der Waals surface area contributed by atoms with Crippen LogP contribution in [0.5, 0.6) is 0 Å². The zero-order chi connectivity index (χ0) is 21.1. The molecule has 8 heteroatoms. The second kappa shape index (κ2) is 6.69. The molecule has 2 aromatic rings. The van der Waals surface area contributed by atoms with Gasteiger partial charge in [0.1, 0.15) is 0 Å². The van der Waals surface area contributed by atoms with Crippen molar-refractivity contribution in [3.63, 3.8) is 0 Å². The summed E-state index contributed by atoms with van der Waals surface area (Å²) < 4.78 is -0.365. The van der Waals surface area contributed by atoms with Gasteiger partial charge in [-0.25, -0.2) is 0 Å². The molecule has 0 bridgehead atoms. The van der Waals surface area contributed by atoms with Gasteiger partial charge in [-0.05, 0) is 30.3 Å². The lowest BCUT2D eigenvalue weighted by molar-refractivity contribution is -0.123. The SMILES string of the molecule is CC(C)(C)SC1=C(O)C(=O)N(c2cccc(Cl)c2)C12C(=O)Nc1cc(Cl)ccc12. The molecule has 2 aromatic carbocycles. The minimum absolute atomic E-state index is 0.286. The first-order chi connectivity index (χ1) is 13.6. The third-order valence-corrected chi connectivity index (χ3v) is 6.48. The third-order valence-electron chi connectivity index (χ3n) is 4.71. The van der Waals surface area contributed by atoms with E-state index in [1.165, 1.54) is 16.7 Å². The summed E-state index contributed by atoms with van der Waals surface area (Å²) in [6.45, 7) is 5.86. The van der Waals surface area contributed by atoms with Crippen LogP contribution in [0.4, 0.5) is 11.4 Å². The van der Waals surface area contributed by atoms with Crippen molar-refractivity contribution in [2.24, 2.45) is 0 Å². The number of aliphatic hydroxyl groups excluding tert-OH is 1. The van der Waals surface area contributed by atoms with Crippen molar-refractivity contribution >= 4 is 58.2 Å². The molecule has 0 aliphatic carbocycles. The molecule has 2 N–H and O–H groups in total. The molecule has 0 saturated heterocycles. The molecule has 2 amide bonds. The highest BCUT2D eigenvalue weighted by atomic mass is 35.5. The standard InChI is InChI=1S/C21H18Cl2N2O3S/c1-20(2,3)29-17-16(26)18(27)25(13-6-4-5-11(22)9-13)21(17)14-8-7-12(23)10-15(14)24-19(21)28/h4-10,26H,1-3H3,(H,24,28). The van der Waals surface area contributed by atoms with Crippen LogP contribution in [0, 0.1) is 0 Å². The monoisotopic (exact) mass is 448 g/mol. The summed E-state index contributed by atoms with van der Waals surface area (Å²) >= 11 is 13.6. The van der Waals surface area contributed by atoms with Crippen molar-refractivity contribution in [2.75, 3.05) is 10.2 Å². The Morgan fingerprint density at radius 3 is 2.41 bits per heavy atom. The highest BCUT2D eigenvalue weighted by molar-refractivity contribution is 8.04. The summed E-state index contributed by atoms with van der Waals surface area (Å²) in [5, 5.41) is 14.6. The van der Waals surface area contributed by atoms with Gasteiger partial charge in [-0.1, -0.05) is 56.1 Å². The number of fused-ring (bicyclic) bond motifs is 2. The average molecular weight is 449 g/mol. The first kappa shape index (κ1) is 20.1. The number of amides is 2. The van der Waals surface area contributed by atoms with E-state index in [2.05, 4.69) is 5.32 Å². The van der Waals surface area contributed by atoms with Gasteiger partial charge in [0, 0.05) is 31.7 Å². The fourth-order valence-corrected chi connectivity index (χ4v) is 5.30. The summed E-state index contributed by atoms with van der Waals surface area (Å²) in [5.41, 5.74) is -0.0689. The van der Waals surface area contributed by atoms with Crippen molar-refractivity contribution in [1.82, 2.24) is 0 Å². The van der Waals surface area contributed by atoms with E-state index in [4.69, 9.17) is 23.2 Å². The molecular weight excluding hydrogens is 431 g/mol. The van der Waals surface area contributed by atoms with E-state index in [0.717, 1.165) is 0 Å². The molecule has 2 aliphatic heterocycles. The van der Waals surface area contributed by atoms with Crippen LogP contribution in [0.2, 0.25) is 10.0 Å². The van der Waals surface area contributed by atoms with Crippen molar-refractivity contribution in [3.8, 4) is 0 Å². The summed E-state index contributed by atoms with van der Waals surface area (Å²) in [5.74, 6) is -1.53. The number of anilines is 2. The Bertz CT molecular complexity index is 1090. The molecule has 1 atom stereocenters. The van der Waals surface area contributed by atoms with Gasteiger partial charge >= 0.3 is 0 Å². The maximum atomic E-state index is 13.5. The van der Waals surface area contributed by atoms with Crippen molar-refractivity contribution in [2.45, 2.75) is 31.1 Å². The Morgan fingerprint density at radius 2 is 1.76 bits per heavy atom. The minimum atomic E-state index is -1.54. The van der Waals surface area contributed by atoms with Crippen LogP contribution in [-0.4, -0.2) is 21.7 Å². The average Bonchev–Trinajstić information content (AvgIpc) is 3.01. The van der Waals surface area contributed by atoms with Crippen LogP contribution in [0.3, 0.4) is 0 Å². The molecule has 1 unspecified atom stereocenters. The van der Waals surface area contributed by atoms with Crippen LogP contribution in [0.15, 0.2) is 53.1 Å². The Morgan fingerprint density at radius 1 is 1.07 bits per heavy atom. The first-order valence-electron chi connectivity index (χ1n) is 8.90. The molecule has 0 radical (unpaired) electrons. The molecule has 2 aliphatic rings. The second-order valence-electron chi connectivity index (χ2n) is 7.87. The smallest absolute Gasteiger partial charge is 0.295 e. The number of halogens is 2. The van der Waals surface area contributed by atoms with Crippen LogP contribution >= 0.6 is 35.0 Å². The largest absolute Gasteiger partial charge is 0.502 e. The van der Waals surface area contributed by atoms with Crippen molar-refractivity contribution in [3.05, 3.63) is 68.7 Å². The summed E-state index contributed by atoms with van der Waals surface area (Å²) in [7, 11) is 0. The van der Waals surface area contributed by atoms with Gasteiger partial charge in [0.15, 0.2) is 11.3 Å². The van der Waals surface area contributed by atoms with Gasteiger partial charge in [0.05, 0.1) is 4.91 Å². The van der Waals surface area contributed by atoms with Gasteiger partial charge < -0.3 is 10.4 Å². The van der Waals surface area contributed by atoms with Crippen molar-refractivity contribution in [1.29, 1.82) is 0 Å². The van der Waals surface area contributed by atoms with E-state index in [1.807, 2.05) is 20.8 Å². The first-order valence-corrected chi connectivity index (χ1v) is 10.5. The number of carbonyl (C=O) groups excluding carboxylic acids is 2. The number of hydrogen-bond acceptors (Lipinski definition) is 4. The zero-order valence-corrected chi connectivity index (χ0v) is 18.2. The molecular formula is C21H18Cl2N2O3S. The molecule has 0 aromatic heterocycles. The maximum Gasteiger partial charge on any atom is 0.295 e. The minimum Gasteiger partial charge on any atom is -0.502 e. The number of rotatable bonds is 2. The number of hydrogen-bond donors (Lipinski definition) is 2. The predicted octanol–water partition coefficient (Wildman–Crippen LogP) is 5.49. The van der Waals surface area contributed by atoms with Gasteiger partial charge in [0.25, 0.3) is 11.8 Å². The van der Waals surface area contributed by atoms with E-state index >= 15 is 0 Å². The molecule has 0 saturated carbocycles. The number of aliphatic hydroxyl groups is 1. The third kappa shape index (κ3) is 3.01. The fraction of sp³-hybridized carbons (Fsp3) is 0.238. The van der Waals surface area contributed by atoms with E-state index in [-0.39, 0.29) is 9.65 Å². The summed E-state index contributed by atoms with van der Waals surface area (Å²) in [4.78, 5) is 28.3. The maximum absolute atomic E-state index is 13.5. The van der Waals surface area contributed by atoms with E-state index < -0.39 is 23.1 Å². The van der Waals surface area contributed by atoms with Gasteiger partial charge in [-0.3, -0.25) is 14.5 Å². The summed E-state index contributed by atoms with van der Waals surface area (Å²) in [6.07, 6.45) is 0. The van der Waals surface area contributed by atoms with E-state index in [9.17, 15) is 14.7 Å². The van der Waals surface area contributed by atoms with Crippen LogP contribution in [0.1, 0.15) is 26.3 Å². The van der Waals surface area contributed by atoms with Crippen LogP contribution in [0.25, 0.3) is 0 Å². The number of nitrogens with one attached hydrogen (secondary N) is 1. The van der Waals surface area contributed by atoms with Crippen LogP contribution < -0.4 is 10.2 Å². The highest BCUT2D eigenvalue weighted by Gasteiger charge is 2.63. The van der Waals surface area contributed by atoms with Gasteiger partial charge in [-0.2, -0.15) is 0 Å². The molecule has 29 heavy (non-hydrogen) atoms. The highest BCUT2D eigenvalue weighted by Crippen LogP contribution is 2.57. The van der Waals surface area contributed by atoms with Crippen LogP contribution in [-0.2, 0) is 15.1 Å². The van der Waals surface area contributed by atoms with E-state index in [0.29, 0.717) is 27.0 Å². The Balaban J connectivity index is 2.04. The van der Waals surface area contributed by atoms with Gasteiger partial charge in [-0.15, -0.1) is 11.8 Å². The quantitative estimate of drug-likeness (QED) is 0.636. The Hall–Kier alpha value is -2.15. The van der Waals surface area contributed by atoms with Gasteiger partial charge in [0.2, 0.25) is 0 Å². The van der Waals surface area contributed by atoms with E-state index in [1.54, 1.807) is 42.5 Å². The molecule has 5 nitrogen and oxygen atoms in total. The predicted molar refractivity (Wildman–Crippen MR) is 118 cm³/mol. The Labute approximate surface area is 182 Å². The normalized spacial score (nSPS) is 21.2. The lowest BCUT2D eigenvalue weighted by atomic mass is 9.90. The number of thioether (sulfide) groups is 1. The lowest BCUT2D eigenvalue weighted by Crippen LogP contribution is -2.51. The summed E-state index contributed by atoms with van der Waals surface area (Å²) in [6, 6.07) is 11.7. The zero-order valence-electron chi connectivity index (χ0n) is 15.9. The van der Waals surface area contributed by atoms with Crippen molar-refractivity contribution < 1.29 is 14.7 Å². The Kier molecular flexibility index (Phi) is 4.64. The second-order valence-corrected chi connectivity index (χ2v) is 10.6. The molecule has 1 spiro atoms. The fourth-order valence-electron chi connectivity index (χ4n) is 3.70. The molecule has 0 fully saturated rings. The number of carbonyl (C=O) groups is 2. The molecule has 150 valence electrons. The molecule has 2 heterocycles.